The molecule has 2 amide bonds. The van der Waals surface area contributed by atoms with Crippen LogP contribution in [0, 0.1) is 0 Å². The van der Waals surface area contributed by atoms with Crippen molar-refractivity contribution in [2.75, 3.05) is 26.2 Å². The van der Waals surface area contributed by atoms with Gasteiger partial charge in [0.25, 0.3) is 5.91 Å². The average Bonchev–Trinajstić information content (AvgIpc) is 3.15. The van der Waals surface area contributed by atoms with Gasteiger partial charge < -0.3 is 15.0 Å². The van der Waals surface area contributed by atoms with Gasteiger partial charge in [-0.15, -0.1) is 11.3 Å². The summed E-state index contributed by atoms with van der Waals surface area (Å²) in [5.41, 5.74) is 2.13. The van der Waals surface area contributed by atoms with Gasteiger partial charge in [-0.3, -0.25) is 9.59 Å². The number of piperidine rings is 1. The minimum Gasteiger partial charge on any atom is -0.369 e. The molecule has 4 rings (SSSR count). The summed E-state index contributed by atoms with van der Waals surface area (Å²) in [6.07, 6.45) is 3.28. The van der Waals surface area contributed by atoms with Crippen LogP contribution in [0.1, 0.15) is 45.4 Å². The van der Waals surface area contributed by atoms with Gasteiger partial charge in [0, 0.05) is 31.4 Å². The Kier molecular flexibility index (Phi) is 5.51. The van der Waals surface area contributed by atoms with Crippen LogP contribution in [0.25, 0.3) is 0 Å². The van der Waals surface area contributed by atoms with Crippen molar-refractivity contribution in [3.8, 4) is 0 Å². The lowest BCUT2D eigenvalue weighted by Gasteiger charge is -2.43. The molecule has 0 atom stereocenters. The van der Waals surface area contributed by atoms with E-state index in [-0.39, 0.29) is 17.4 Å². The Morgan fingerprint density at radius 1 is 1.21 bits per heavy atom. The molecule has 0 radical (unpaired) electrons. The molecule has 1 N–H and O–H groups in total. The monoisotopic (exact) mass is 398 g/mol. The number of nitrogens with zero attached hydrogens (tertiary/aromatic N) is 1. The summed E-state index contributed by atoms with van der Waals surface area (Å²) in [6, 6.07) is 12.2. The average molecular weight is 399 g/mol. The van der Waals surface area contributed by atoms with Crippen molar-refractivity contribution >= 4 is 23.2 Å². The molecule has 0 unspecified atom stereocenters. The van der Waals surface area contributed by atoms with Gasteiger partial charge in [0.15, 0.2) is 0 Å². The molecule has 1 spiro atoms. The van der Waals surface area contributed by atoms with Crippen molar-refractivity contribution in [3.63, 3.8) is 0 Å². The number of benzene rings is 1. The van der Waals surface area contributed by atoms with E-state index >= 15 is 0 Å². The third-order valence-corrected chi connectivity index (χ3v) is 7.12. The number of hydrogen-bond acceptors (Lipinski definition) is 4. The summed E-state index contributed by atoms with van der Waals surface area (Å²) in [4.78, 5) is 28.2. The first-order valence-electron chi connectivity index (χ1n) is 9.92. The molecule has 2 aliphatic heterocycles. The first-order chi connectivity index (χ1) is 13.6. The van der Waals surface area contributed by atoms with Crippen molar-refractivity contribution in [3.05, 3.63) is 57.3 Å². The van der Waals surface area contributed by atoms with Crippen LogP contribution >= 0.6 is 11.3 Å². The molecular formula is C22H26N2O3S. The molecule has 1 aromatic heterocycles. The van der Waals surface area contributed by atoms with Crippen molar-refractivity contribution in [1.29, 1.82) is 0 Å². The second-order valence-electron chi connectivity index (χ2n) is 7.56. The number of likely N-dealkylation sites (tertiary alicyclic amines) is 1. The van der Waals surface area contributed by atoms with Gasteiger partial charge in [0.1, 0.15) is 5.60 Å². The number of thiophene rings is 1. The van der Waals surface area contributed by atoms with Gasteiger partial charge in [-0.2, -0.15) is 0 Å². The quantitative estimate of drug-likeness (QED) is 0.861. The van der Waals surface area contributed by atoms with E-state index in [1.165, 1.54) is 16.0 Å². The molecule has 2 aliphatic rings. The summed E-state index contributed by atoms with van der Waals surface area (Å²) in [5.74, 6) is 0.113. The molecule has 0 saturated carbocycles. The normalized spacial score (nSPS) is 18.0. The first-order valence-corrected chi connectivity index (χ1v) is 10.7. The van der Waals surface area contributed by atoms with Gasteiger partial charge >= 0.3 is 0 Å². The summed E-state index contributed by atoms with van der Waals surface area (Å²) in [5, 5.41) is 3.05. The highest BCUT2D eigenvalue weighted by Gasteiger charge is 2.43. The lowest BCUT2D eigenvalue weighted by Crippen LogP contribution is -2.47. The van der Waals surface area contributed by atoms with Crippen LogP contribution in [-0.2, 0) is 28.0 Å². The molecular weight excluding hydrogens is 372 g/mol. The fourth-order valence-corrected chi connectivity index (χ4v) is 5.47. The van der Waals surface area contributed by atoms with Gasteiger partial charge in [-0.1, -0.05) is 30.3 Å². The third kappa shape index (κ3) is 3.84. The highest BCUT2D eigenvalue weighted by Crippen LogP contribution is 2.45. The minimum absolute atomic E-state index is 0.00773. The van der Waals surface area contributed by atoms with E-state index in [0.29, 0.717) is 26.2 Å². The van der Waals surface area contributed by atoms with Crippen molar-refractivity contribution in [2.45, 2.75) is 38.2 Å². The molecule has 0 bridgehead atoms. The van der Waals surface area contributed by atoms with Crippen LogP contribution in [0.15, 0.2) is 36.4 Å². The van der Waals surface area contributed by atoms with Crippen LogP contribution < -0.4 is 5.32 Å². The van der Waals surface area contributed by atoms with E-state index in [1.807, 2.05) is 29.2 Å². The molecule has 3 heterocycles. The summed E-state index contributed by atoms with van der Waals surface area (Å²) in [7, 11) is 0. The molecule has 1 saturated heterocycles. The van der Waals surface area contributed by atoms with Crippen molar-refractivity contribution in [2.24, 2.45) is 0 Å². The number of hydrogen-bond donors (Lipinski definition) is 1. The Morgan fingerprint density at radius 3 is 2.68 bits per heavy atom. The summed E-state index contributed by atoms with van der Waals surface area (Å²) < 4.78 is 6.23. The fourth-order valence-electron chi connectivity index (χ4n) is 4.14. The molecule has 5 nitrogen and oxygen atoms in total. The van der Waals surface area contributed by atoms with E-state index in [1.54, 1.807) is 18.3 Å². The predicted molar refractivity (Wildman–Crippen MR) is 110 cm³/mol. The Bertz CT molecular complexity index is 854. The van der Waals surface area contributed by atoms with Gasteiger partial charge in [-0.25, -0.2) is 0 Å². The van der Waals surface area contributed by atoms with E-state index in [0.717, 1.165) is 30.6 Å². The largest absolute Gasteiger partial charge is 0.369 e. The van der Waals surface area contributed by atoms with E-state index in [9.17, 15) is 9.59 Å². The number of carbonyl (C=O) groups excluding carboxylic acids is 2. The van der Waals surface area contributed by atoms with Gasteiger partial charge in [-0.05, 0) is 42.9 Å². The zero-order valence-corrected chi connectivity index (χ0v) is 17.0. The lowest BCUT2D eigenvalue weighted by molar-refractivity contribution is -0.138. The number of rotatable bonds is 4. The number of fused-ring (bicyclic) bond motifs is 2. The summed E-state index contributed by atoms with van der Waals surface area (Å²) in [6.45, 7) is 4.35. The molecule has 148 valence electrons. The Balaban J connectivity index is 1.43. The summed E-state index contributed by atoms with van der Waals surface area (Å²) >= 11 is 1.56. The standard InChI is InChI=1S/C22H26N2O3S/c1-16(25)24-12-9-22(10-13-24)20-18(8-14-27-22)15-19(28-20)21(26)23-11-7-17-5-3-2-4-6-17/h2-6,15H,7-14H2,1H3,(H,23,26). The molecule has 2 aromatic rings. The Morgan fingerprint density at radius 2 is 1.96 bits per heavy atom. The zero-order chi connectivity index (χ0) is 19.6. The van der Waals surface area contributed by atoms with Crippen LogP contribution in [0.3, 0.4) is 0 Å². The number of nitrogens with one attached hydrogen (secondary N) is 1. The van der Waals surface area contributed by atoms with Crippen LogP contribution in [0.2, 0.25) is 0 Å². The maximum Gasteiger partial charge on any atom is 0.261 e. The predicted octanol–water partition coefficient (Wildman–Crippen LogP) is 3.13. The fraction of sp³-hybridized carbons (Fsp3) is 0.455. The Labute approximate surface area is 169 Å². The zero-order valence-electron chi connectivity index (χ0n) is 16.2. The van der Waals surface area contributed by atoms with Gasteiger partial charge in [0.05, 0.1) is 11.5 Å². The maximum atomic E-state index is 12.7. The van der Waals surface area contributed by atoms with E-state index in [4.69, 9.17) is 4.74 Å². The van der Waals surface area contributed by atoms with Crippen molar-refractivity contribution in [1.82, 2.24) is 10.2 Å². The molecule has 28 heavy (non-hydrogen) atoms. The smallest absolute Gasteiger partial charge is 0.261 e. The first kappa shape index (κ1) is 19.2. The van der Waals surface area contributed by atoms with Crippen LogP contribution in [0.4, 0.5) is 0 Å². The second-order valence-corrected chi connectivity index (χ2v) is 8.61. The molecule has 1 fully saturated rings. The topological polar surface area (TPSA) is 58.6 Å². The minimum atomic E-state index is -0.327. The van der Waals surface area contributed by atoms with E-state index in [2.05, 4.69) is 17.4 Å². The highest BCUT2D eigenvalue weighted by molar-refractivity contribution is 7.14. The number of amides is 2. The maximum absolute atomic E-state index is 12.7. The molecule has 1 aromatic carbocycles. The number of ether oxygens (including phenoxy) is 1. The molecule has 0 aliphatic carbocycles. The molecule has 6 heteroatoms. The Hall–Kier alpha value is -2.18. The third-order valence-electron chi connectivity index (χ3n) is 5.75. The lowest BCUT2D eigenvalue weighted by atomic mass is 9.85. The highest BCUT2D eigenvalue weighted by atomic mass is 32.1. The second kappa shape index (κ2) is 8.05. The van der Waals surface area contributed by atoms with Gasteiger partial charge in [0.2, 0.25) is 5.91 Å². The van der Waals surface area contributed by atoms with Crippen LogP contribution in [-0.4, -0.2) is 43.0 Å². The van der Waals surface area contributed by atoms with Crippen LogP contribution in [0.5, 0.6) is 0 Å². The SMILES string of the molecule is CC(=O)N1CCC2(CC1)OCCc1cc(C(=O)NCCc3ccccc3)sc12. The van der Waals surface area contributed by atoms with E-state index < -0.39 is 0 Å². The van der Waals surface area contributed by atoms with Crippen molar-refractivity contribution < 1.29 is 14.3 Å². The number of carbonyl (C=O) groups is 2.